The molecule has 102 valence electrons. The predicted octanol–water partition coefficient (Wildman–Crippen LogP) is -0.826. The van der Waals surface area contributed by atoms with Gasteiger partial charge in [0.2, 0.25) is 20.0 Å². The van der Waals surface area contributed by atoms with Crippen LogP contribution in [0.25, 0.3) is 0 Å². The summed E-state index contributed by atoms with van der Waals surface area (Å²) in [4.78, 5) is -0.364. The van der Waals surface area contributed by atoms with Crippen LogP contribution in [0, 0.1) is 5.82 Å². The molecule has 0 fully saturated rings. The van der Waals surface area contributed by atoms with Crippen molar-refractivity contribution in [1.82, 2.24) is 0 Å². The number of sulfonamides is 2. The van der Waals surface area contributed by atoms with E-state index in [2.05, 4.69) is 5.32 Å². The molecule has 1 rings (SSSR count). The molecule has 1 aromatic carbocycles. The lowest BCUT2D eigenvalue weighted by atomic mass is 10.3. The second-order valence-electron chi connectivity index (χ2n) is 3.48. The number of nitrogens with one attached hydrogen (secondary N) is 1. The van der Waals surface area contributed by atoms with Gasteiger partial charge in [0.15, 0.2) is 0 Å². The molecular formula is C8H12FN3O4S2. The maximum atomic E-state index is 13.4. The number of halogens is 1. The van der Waals surface area contributed by atoms with Gasteiger partial charge < -0.3 is 5.32 Å². The average Bonchev–Trinajstić information content (AvgIpc) is 2.17. The first kappa shape index (κ1) is 14.8. The summed E-state index contributed by atoms with van der Waals surface area (Å²) in [6.45, 7) is -0.0928. The Morgan fingerprint density at radius 3 is 2.22 bits per heavy atom. The average molecular weight is 297 g/mol. The Morgan fingerprint density at radius 2 is 1.78 bits per heavy atom. The summed E-state index contributed by atoms with van der Waals surface area (Å²) in [5.41, 5.74) is -0.0361. The first-order valence-corrected chi connectivity index (χ1v) is 7.92. The Bertz CT molecular complexity index is 642. The molecule has 0 bridgehead atoms. The van der Waals surface area contributed by atoms with Gasteiger partial charge in [-0.25, -0.2) is 31.5 Å². The van der Waals surface area contributed by atoms with E-state index < -0.39 is 25.9 Å². The maximum absolute atomic E-state index is 13.4. The van der Waals surface area contributed by atoms with Crippen LogP contribution >= 0.6 is 0 Å². The van der Waals surface area contributed by atoms with Crippen LogP contribution in [0.3, 0.4) is 0 Å². The normalized spacial score (nSPS) is 12.4. The summed E-state index contributed by atoms with van der Waals surface area (Å²) in [6, 6.07) is 3.00. The SMILES string of the molecule is NS(=O)(=O)CCNc1ccc(S(N)(=O)=O)cc1F. The third-order valence-corrected chi connectivity index (χ3v) is 3.66. The first-order chi connectivity index (χ1) is 8.09. The molecule has 0 spiro atoms. The van der Waals surface area contributed by atoms with E-state index in [9.17, 15) is 21.2 Å². The van der Waals surface area contributed by atoms with E-state index in [1.54, 1.807) is 0 Å². The summed E-state index contributed by atoms with van der Waals surface area (Å²) in [5.74, 6) is -1.22. The molecule has 10 heteroatoms. The summed E-state index contributed by atoms with van der Waals surface area (Å²) in [6.07, 6.45) is 0. The molecule has 0 unspecified atom stereocenters. The zero-order chi connectivity index (χ0) is 14.0. The van der Waals surface area contributed by atoms with E-state index in [0.29, 0.717) is 0 Å². The molecule has 0 aromatic heterocycles. The Hall–Kier alpha value is -1.23. The molecule has 0 saturated heterocycles. The molecule has 0 radical (unpaired) electrons. The Labute approximate surface area is 104 Å². The third kappa shape index (κ3) is 4.56. The highest BCUT2D eigenvalue weighted by atomic mass is 32.2. The van der Waals surface area contributed by atoms with Crippen LogP contribution in [0.1, 0.15) is 0 Å². The van der Waals surface area contributed by atoms with Crippen LogP contribution in [0.2, 0.25) is 0 Å². The lowest BCUT2D eigenvalue weighted by molar-refractivity contribution is 0.593. The largest absolute Gasteiger partial charge is 0.382 e. The zero-order valence-electron chi connectivity index (χ0n) is 9.13. The Morgan fingerprint density at radius 1 is 1.17 bits per heavy atom. The smallest absolute Gasteiger partial charge is 0.238 e. The van der Waals surface area contributed by atoms with E-state index in [4.69, 9.17) is 10.3 Å². The standard InChI is InChI=1S/C8H12FN3O4S2/c9-7-5-6(18(11,15)16)1-2-8(7)12-3-4-17(10,13)14/h1-2,5,12H,3-4H2,(H2,10,13,14)(H2,11,15,16). The van der Waals surface area contributed by atoms with Crippen molar-refractivity contribution in [3.05, 3.63) is 24.0 Å². The molecule has 18 heavy (non-hydrogen) atoms. The lowest BCUT2D eigenvalue weighted by Gasteiger charge is -2.07. The minimum Gasteiger partial charge on any atom is -0.382 e. The van der Waals surface area contributed by atoms with Crippen molar-refractivity contribution in [2.24, 2.45) is 10.3 Å². The predicted molar refractivity (Wildman–Crippen MR) is 64.2 cm³/mol. The minimum atomic E-state index is -3.97. The van der Waals surface area contributed by atoms with Crippen LogP contribution < -0.4 is 15.6 Å². The second kappa shape index (κ2) is 5.18. The van der Waals surface area contributed by atoms with Crippen LogP contribution in [-0.4, -0.2) is 29.1 Å². The van der Waals surface area contributed by atoms with Crippen molar-refractivity contribution in [2.75, 3.05) is 17.6 Å². The van der Waals surface area contributed by atoms with Gasteiger partial charge in [-0.1, -0.05) is 0 Å². The highest BCUT2D eigenvalue weighted by Crippen LogP contribution is 2.17. The molecule has 0 saturated carbocycles. The maximum Gasteiger partial charge on any atom is 0.238 e. The van der Waals surface area contributed by atoms with Gasteiger partial charge in [0.25, 0.3) is 0 Å². The van der Waals surface area contributed by atoms with Crippen molar-refractivity contribution >= 4 is 25.7 Å². The van der Waals surface area contributed by atoms with E-state index in [-0.39, 0.29) is 22.9 Å². The molecule has 0 aliphatic heterocycles. The van der Waals surface area contributed by atoms with Gasteiger partial charge >= 0.3 is 0 Å². The van der Waals surface area contributed by atoms with Crippen molar-refractivity contribution < 1.29 is 21.2 Å². The summed E-state index contributed by atoms with van der Waals surface area (Å²) >= 11 is 0. The summed E-state index contributed by atoms with van der Waals surface area (Å²) in [7, 11) is -7.61. The van der Waals surface area contributed by atoms with E-state index in [1.807, 2.05) is 0 Å². The van der Waals surface area contributed by atoms with Gasteiger partial charge in [0.05, 0.1) is 16.3 Å². The molecule has 0 amide bonds. The fourth-order valence-electron chi connectivity index (χ4n) is 1.14. The summed E-state index contributed by atoms with van der Waals surface area (Å²) < 4.78 is 56.6. The van der Waals surface area contributed by atoms with Crippen LogP contribution in [-0.2, 0) is 20.0 Å². The van der Waals surface area contributed by atoms with Gasteiger partial charge in [-0.2, -0.15) is 0 Å². The lowest BCUT2D eigenvalue weighted by Crippen LogP contribution is -2.22. The van der Waals surface area contributed by atoms with Crippen LogP contribution in [0.5, 0.6) is 0 Å². The third-order valence-electron chi connectivity index (χ3n) is 1.97. The number of primary sulfonamides is 2. The molecule has 1 aromatic rings. The van der Waals surface area contributed by atoms with E-state index in [0.717, 1.165) is 18.2 Å². The van der Waals surface area contributed by atoms with E-state index in [1.165, 1.54) is 0 Å². The van der Waals surface area contributed by atoms with Crippen LogP contribution in [0.4, 0.5) is 10.1 Å². The van der Waals surface area contributed by atoms with Gasteiger partial charge in [0.1, 0.15) is 5.82 Å². The monoisotopic (exact) mass is 297 g/mol. The summed E-state index contributed by atoms with van der Waals surface area (Å²) in [5, 5.41) is 12.1. The molecule has 0 atom stereocenters. The van der Waals surface area contributed by atoms with E-state index >= 15 is 0 Å². The van der Waals surface area contributed by atoms with Gasteiger partial charge in [-0.15, -0.1) is 0 Å². The number of hydrogen-bond acceptors (Lipinski definition) is 5. The highest BCUT2D eigenvalue weighted by molar-refractivity contribution is 7.89. The van der Waals surface area contributed by atoms with Crippen molar-refractivity contribution in [2.45, 2.75) is 4.90 Å². The number of hydrogen-bond donors (Lipinski definition) is 3. The van der Waals surface area contributed by atoms with Gasteiger partial charge in [-0.3, -0.25) is 0 Å². The molecular weight excluding hydrogens is 285 g/mol. The topological polar surface area (TPSA) is 132 Å². The van der Waals surface area contributed by atoms with Gasteiger partial charge in [0, 0.05) is 6.54 Å². The fourth-order valence-corrected chi connectivity index (χ4v) is 2.06. The zero-order valence-corrected chi connectivity index (χ0v) is 10.8. The quantitative estimate of drug-likeness (QED) is 0.652. The molecule has 0 aliphatic carbocycles. The molecule has 0 aliphatic rings. The number of benzene rings is 1. The first-order valence-electron chi connectivity index (χ1n) is 4.66. The number of rotatable bonds is 5. The minimum absolute atomic E-state index is 0.0361. The second-order valence-corrected chi connectivity index (χ2v) is 6.78. The Balaban J connectivity index is 2.81. The molecule has 7 nitrogen and oxygen atoms in total. The van der Waals surface area contributed by atoms with Gasteiger partial charge in [-0.05, 0) is 18.2 Å². The van der Waals surface area contributed by atoms with Crippen molar-refractivity contribution in [3.63, 3.8) is 0 Å². The number of nitrogens with two attached hydrogens (primary N) is 2. The van der Waals surface area contributed by atoms with Crippen molar-refractivity contribution in [3.8, 4) is 0 Å². The number of anilines is 1. The van der Waals surface area contributed by atoms with Crippen molar-refractivity contribution in [1.29, 1.82) is 0 Å². The Kier molecular flexibility index (Phi) is 4.27. The molecule has 5 N–H and O–H groups in total. The van der Waals surface area contributed by atoms with Crippen LogP contribution in [0.15, 0.2) is 23.1 Å². The molecule has 0 heterocycles. The highest BCUT2D eigenvalue weighted by Gasteiger charge is 2.11. The fraction of sp³-hybridized carbons (Fsp3) is 0.250.